The van der Waals surface area contributed by atoms with Crippen LogP contribution in [0, 0.1) is 0 Å². The van der Waals surface area contributed by atoms with Gasteiger partial charge < -0.3 is 9.15 Å². The number of nitrogens with zero attached hydrogens (tertiary/aromatic N) is 2. The standard InChI is InChI=1S/C20H21N3O5S2/c1-3-29-16-8-4-14(5-9-16)12-19-22-23-20(28-19)21-18(24)13-30(25,26)17-10-6-15(27-2)7-11-17/h4-11H,3,12-13H2,1-2H3,(H,21,23,24). The van der Waals surface area contributed by atoms with Crippen molar-refractivity contribution in [1.82, 2.24) is 10.2 Å². The molecule has 0 aliphatic heterocycles. The molecular formula is C20H21N3O5S2. The minimum atomic E-state index is -3.81. The summed E-state index contributed by atoms with van der Waals surface area (Å²) in [5.41, 5.74) is 0.985. The van der Waals surface area contributed by atoms with E-state index in [2.05, 4.69) is 22.4 Å². The summed E-state index contributed by atoms with van der Waals surface area (Å²) in [6.45, 7) is 2.09. The van der Waals surface area contributed by atoms with E-state index in [9.17, 15) is 13.2 Å². The SMILES string of the molecule is CCSc1ccc(Cc2nnc(NC(=O)CS(=O)(=O)c3ccc(OC)cc3)o2)cc1. The number of hydrogen-bond donors (Lipinski definition) is 1. The fourth-order valence-electron chi connectivity index (χ4n) is 2.61. The highest BCUT2D eigenvalue weighted by Crippen LogP contribution is 2.20. The molecule has 1 aromatic heterocycles. The lowest BCUT2D eigenvalue weighted by Crippen LogP contribution is -2.23. The van der Waals surface area contributed by atoms with E-state index in [0.29, 0.717) is 18.1 Å². The number of aromatic nitrogens is 2. The number of carbonyl (C=O) groups excluding carboxylic acids is 1. The van der Waals surface area contributed by atoms with Crippen molar-refractivity contribution < 1.29 is 22.4 Å². The first kappa shape index (κ1) is 21.8. The van der Waals surface area contributed by atoms with Gasteiger partial charge in [0.05, 0.1) is 18.4 Å². The van der Waals surface area contributed by atoms with E-state index < -0.39 is 21.5 Å². The molecule has 0 fully saturated rings. The van der Waals surface area contributed by atoms with Gasteiger partial charge in [-0.05, 0) is 47.7 Å². The molecule has 0 atom stereocenters. The summed E-state index contributed by atoms with van der Waals surface area (Å²) in [6.07, 6.45) is 0.407. The Labute approximate surface area is 179 Å². The first-order chi connectivity index (χ1) is 14.4. The third-order valence-corrected chi connectivity index (χ3v) is 6.57. The van der Waals surface area contributed by atoms with E-state index in [0.717, 1.165) is 11.3 Å². The second-order valence-corrected chi connectivity index (χ2v) is 9.56. The van der Waals surface area contributed by atoms with Gasteiger partial charge in [-0.25, -0.2) is 8.42 Å². The van der Waals surface area contributed by atoms with E-state index in [4.69, 9.17) is 9.15 Å². The monoisotopic (exact) mass is 447 g/mol. The second-order valence-electron chi connectivity index (χ2n) is 6.24. The van der Waals surface area contributed by atoms with E-state index in [1.165, 1.54) is 36.3 Å². The fraction of sp³-hybridized carbons (Fsp3) is 0.250. The Hall–Kier alpha value is -2.85. The number of methoxy groups -OCH3 is 1. The predicted octanol–water partition coefficient (Wildman–Crippen LogP) is 3.19. The molecule has 3 rings (SSSR count). The zero-order chi connectivity index (χ0) is 21.6. The number of amides is 1. The summed E-state index contributed by atoms with van der Waals surface area (Å²) in [7, 11) is -2.33. The van der Waals surface area contributed by atoms with Crippen molar-refractivity contribution in [3.05, 3.63) is 60.0 Å². The molecule has 0 saturated heterocycles. The lowest BCUT2D eigenvalue weighted by Gasteiger charge is -2.05. The summed E-state index contributed by atoms with van der Waals surface area (Å²) in [5.74, 6) is 0.338. The molecule has 0 radical (unpaired) electrons. The maximum atomic E-state index is 12.4. The summed E-state index contributed by atoms with van der Waals surface area (Å²) in [6, 6.07) is 13.7. The van der Waals surface area contributed by atoms with Crippen LogP contribution in [-0.2, 0) is 21.1 Å². The lowest BCUT2D eigenvalue weighted by atomic mass is 10.1. The Morgan fingerprint density at radius 3 is 2.43 bits per heavy atom. The van der Waals surface area contributed by atoms with Crippen LogP contribution in [-0.4, -0.2) is 43.1 Å². The maximum Gasteiger partial charge on any atom is 0.322 e. The normalized spacial score (nSPS) is 11.3. The molecule has 0 aliphatic carbocycles. The summed E-state index contributed by atoms with van der Waals surface area (Å²) in [4.78, 5) is 13.3. The Morgan fingerprint density at radius 1 is 1.10 bits per heavy atom. The van der Waals surface area contributed by atoms with Crippen molar-refractivity contribution in [3.8, 4) is 5.75 Å². The Kier molecular flexibility index (Phi) is 7.11. The van der Waals surface area contributed by atoms with Gasteiger partial charge in [0.15, 0.2) is 9.84 Å². The number of benzene rings is 2. The maximum absolute atomic E-state index is 12.4. The Bertz CT molecular complexity index is 1090. The highest BCUT2D eigenvalue weighted by molar-refractivity contribution is 7.99. The van der Waals surface area contributed by atoms with Crippen LogP contribution >= 0.6 is 11.8 Å². The zero-order valence-electron chi connectivity index (χ0n) is 16.5. The van der Waals surface area contributed by atoms with Gasteiger partial charge >= 0.3 is 6.01 Å². The van der Waals surface area contributed by atoms with Crippen molar-refractivity contribution >= 4 is 33.5 Å². The third kappa shape index (κ3) is 5.83. The molecule has 1 amide bonds. The average molecular weight is 448 g/mol. The van der Waals surface area contributed by atoms with E-state index >= 15 is 0 Å². The molecule has 0 aliphatic rings. The quantitative estimate of drug-likeness (QED) is 0.498. The van der Waals surface area contributed by atoms with Gasteiger partial charge in [-0.3, -0.25) is 10.1 Å². The van der Waals surface area contributed by atoms with Gasteiger partial charge in [0.2, 0.25) is 11.8 Å². The van der Waals surface area contributed by atoms with Crippen LogP contribution in [0.2, 0.25) is 0 Å². The number of carbonyl (C=O) groups is 1. The Balaban J connectivity index is 1.58. The lowest BCUT2D eigenvalue weighted by molar-refractivity contribution is -0.114. The summed E-state index contributed by atoms with van der Waals surface area (Å²) >= 11 is 1.75. The van der Waals surface area contributed by atoms with E-state index in [-0.39, 0.29) is 10.9 Å². The molecule has 0 saturated carbocycles. The fourth-order valence-corrected chi connectivity index (χ4v) is 4.41. The number of thioether (sulfide) groups is 1. The topological polar surface area (TPSA) is 111 Å². The minimum absolute atomic E-state index is 0.0225. The molecule has 2 aromatic carbocycles. The summed E-state index contributed by atoms with van der Waals surface area (Å²) in [5, 5.41) is 9.99. The number of sulfone groups is 1. The highest BCUT2D eigenvalue weighted by atomic mass is 32.2. The summed E-state index contributed by atoms with van der Waals surface area (Å²) < 4.78 is 35.2. The first-order valence-corrected chi connectivity index (χ1v) is 11.7. The molecule has 30 heavy (non-hydrogen) atoms. The molecule has 10 heteroatoms. The molecule has 3 aromatic rings. The molecule has 1 N–H and O–H groups in total. The largest absolute Gasteiger partial charge is 0.497 e. The Morgan fingerprint density at radius 2 is 1.80 bits per heavy atom. The first-order valence-electron chi connectivity index (χ1n) is 9.10. The average Bonchev–Trinajstić information content (AvgIpc) is 3.15. The van der Waals surface area contributed by atoms with Gasteiger partial charge in [0, 0.05) is 4.90 Å². The molecule has 0 bridgehead atoms. The number of anilines is 1. The van der Waals surface area contributed by atoms with Crippen molar-refractivity contribution in [2.45, 2.75) is 23.1 Å². The van der Waals surface area contributed by atoms with Gasteiger partial charge in [-0.1, -0.05) is 24.2 Å². The van der Waals surface area contributed by atoms with Gasteiger partial charge in [0.25, 0.3) is 0 Å². The second kappa shape index (κ2) is 9.77. The van der Waals surface area contributed by atoms with Crippen LogP contribution in [0.25, 0.3) is 0 Å². The van der Waals surface area contributed by atoms with Gasteiger partial charge in [-0.15, -0.1) is 16.9 Å². The number of nitrogens with one attached hydrogen (secondary N) is 1. The zero-order valence-corrected chi connectivity index (χ0v) is 18.1. The molecular weight excluding hydrogens is 426 g/mol. The molecule has 0 unspecified atom stereocenters. The minimum Gasteiger partial charge on any atom is -0.497 e. The predicted molar refractivity (Wildman–Crippen MR) is 114 cm³/mol. The van der Waals surface area contributed by atoms with Crippen molar-refractivity contribution in [3.63, 3.8) is 0 Å². The van der Waals surface area contributed by atoms with Crippen molar-refractivity contribution in [2.75, 3.05) is 23.9 Å². The van der Waals surface area contributed by atoms with Crippen LogP contribution in [0.5, 0.6) is 5.75 Å². The highest BCUT2D eigenvalue weighted by Gasteiger charge is 2.21. The van der Waals surface area contributed by atoms with Crippen LogP contribution in [0.3, 0.4) is 0 Å². The number of hydrogen-bond acceptors (Lipinski definition) is 8. The molecule has 0 spiro atoms. The van der Waals surface area contributed by atoms with Crippen molar-refractivity contribution in [2.24, 2.45) is 0 Å². The smallest absolute Gasteiger partial charge is 0.322 e. The molecule has 158 valence electrons. The van der Waals surface area contributed by atoms with Crippen molar-refractivity contribution in [1.29, 1.82) is 0 Å². The van der Waals surface area contributed by atoms with Crippen LogP contribution in [0.1, 0.15) is 18.4 Å². The molecule has 8 nitrogen and oxygen atoms in total. The van der Waals surface area contributed by atoms with Crippen LogP contribution in [0.4, 0.5) is 6.01 Å². The van der Waals surface area contributed by atoms with Crippen LogP contribution < -0.4 is 10.1 Å². The van der Waals surface area contributed by atoms with E-state index in [1.807, 2.05) is 24.3 Å². The van der Waals surface area contributed by atoms with Gasteiger partial charge in [0.1, 0.15) is 11.5 Å². The van der Waals surface area contributed by atoms with Crippen LogP contribution in [0.15, 0.2) is 62.7 Å². The number of rotatable bonds is 9. The van der Waals surface area contributed by atoms with E-state index in [1.54, 1.807) is 11.8 Å². The number of ether oxygens (including phenoxy) is 1. The molecule has 1 heterocycles. The van der Waals surface area contributed by atoms with Gasteiger partial charge in [-0.2, -0.15) is 0 Å². The third-order valence-electron chi connectivity index (χ3n) is 4.04.